The van der Waals surface area contributed by atoms with E-state index in [1.807, 2.05) is 0 Å². The smallest absolute Gasteiger partial charge is 0.274 e. The van der Waals surface area contributed by atoms with Crippen LogP contribution in [-0.4, -0.2) is 33.7 Å². The van der Waals surface area contributed by atoms with Gasteiger partial charge in [-0.25, -0.2) is 0 Å². The summed E-state index contributed by atoms with van der Waals surface area (Å²) in [5.74, 6) is -0.0954. The topological polar surface area (TPSA) is 61.9 Å². The monoisotopic (exact) mass is 218 g/mol. The summed E-state index contributed by atoms with van der Waals surface area (Å²) in [5.41, 5.74) is 0.459. The molecule has 0 aliphatic carbocycles. The van der Waals surface area contributed by atoms with Crippen LogP contribution in [0, 0.1) is 17.2 Å². The average molecular weight is 218 g/mol. The molecule has 5 nitrogen and oxygen atoms in total. The van der Waals surface area contributed by atoms with E-state index >= 15 is 0 Å². The Bertz CT molecular complexity index is 431. The summed E-state index contributed by atoms with van der Waals surface area (Å²) in [6.07, 6.45) is 3.54. The minimum absolute atomic E-state index is 0.0265. The van der Waals surface area contributed by atoms with E-state index in [9.17, 15) is 4.79 Å². The molecule has 2 rings (SSSR count). The molecule has 84 valence electrons. The Kier molecular flexibility index (Phi) is 2.91. The van der Waals surface area contributed by atoms with E-state index in [-0.39, 0.29) is 11.8 Å². The minimum atomic E-state index is -0.0689. The maximum absolute atomic E-state index is 12.0. The first kappa shape index (κ1) is 10.7. The number of hydrogen-bond donors (Lipinski definition) is 0. The molecule has 1 amide bonds. The first-order valence-electron chi connectivity index (χ1n) is 5.39. The first-order chi connectivity index (χ1) is 7.70. The third-order valence-corrected chi connectivity index (χ3v) is 2.82. The zero-order valence-corrected chi connectivity index (χ0v) is 9.26. The van der Waals surface area contributed by atoms with Gasteiger partial charge in [-0.3, -0.25) is 9.48 Å². The van der Waals surface area contributed by atoms with Crippen molar-refractivity contribution in [2.75, 3.05) is 13.1 Å². The van der Waals surface area contributed by atoms with Crippen molar-refractivity contribution in [1.29, 1.82) is 5.26 Å². The summed E-state index contributed by atoms with van der Waals surface area (Å²) >= 11 is 0. The molecular formula is C11H14N4O. The van der Waals surface area contributed by atoms with Crippen molar-refractivity contribution in [3.8, 4) is 6.07 Å². The largest absolute Gasteiger partial charge is 0.336 e. The van der Waals surface area contributed by atoms with E-state index in [2.05, 4.69) is 11.2 Å². The van der Waals surface area contributed by atoms with Crippen LogP contribution in [0.5, 0.6) is 0 Å². The lowest BCUT2D eigenvalue weighted by molar-refractivity contribution is 0.0692. The highest BCUT2D eigenvalue weighted by molar-refractivity contribution is 5.92. The Morgan fingerprint density at radius 2 is 2.50 bits per heavy atom. The van der Waals surface area contributed by atoms with Gasteiger partial charge in [-0.1, -0.05) is 0 Å². The van der Waals surface area contributed by atoms with Gasteiger partial charge in [-0.2, -0.15) is 10.4 Å². The van der Waals surface area contributed by atoms with E-state index < -0.39 is 0 Å². The number of piperidine rings is 1. The molecular weight excluding hydrogens is 204 g/mol. The molecule has 0 radical (unpaired) electrons. The van der Waals surface area contributed by atoms with Crippen molar-refractivity contribution in [2.45, 2.75) is 12.8 Å². The van der Waals surface area contributed by atoms with Crippen LogP contribution in [0.1, 0.15) is 23.3 Å². The van der Waals surface area contributed by atoms with Crippen molar-refractivity contribution in [3.63, 3.8) is 0 Å². The number of rotatable bonds is 1. The number of hydrogen-bond acceptors (Lipinski definition) is 3. The molecule has 0 N–H and O–H groups in total. The van der Waals surface area contributed by atoms with Gasteiger partial charge in [0.15, 0.2) is 0 Å². The highest BCUT2D eigenvalue weighted by Gasteiger charge is 2.25. The fraction of sp³-hybridized carbons (Fsp3) is 0.545. The number of aryl methyl sites for hydroxylation is 1. The number of carbonyl (C=O) groups excluding carboxylic acids is 1. The number of amides is 1. The minimum Gasteiger partial charge on any atom is -0.336 e. The SMILES string of the molecule is Cn1ccc(C(=O)N2CCCC(C#N)C2)n1. The number of likely N-dealkylation sites (tertiary alicyclic amines) is 1. The fourth-order valence-electron chi connectivity index (χ4n) is 1.96. The standard InChI is InChI=1S/C11H14N4O/c1-14-6-4-10(13-14)11(16)15-5-2-3-9(7-12)8-15/h4,6,9H,2-3,5,8H2,1H3. The molecule has 0 aromatic carbocycles. The van der Waals surface area contributed by atoms with E-state index in [1.165, 1.54) is 0 Å². The number of nitriles is 1. The molecule has 1 fully saturated rings. The van der Waals surface area contributed by atoms with Crippen molar-refractivity contribution in [2.24, 2.45) is 13.0 Å². The lowest BCUT2D eigenvalue weighted by Crippen LogP contribution is -2.39. The van der Waals surface area contributed by atoms with Crippen LogP contribution in [-0.2, 0) is 7.05 Å². The zero-order chi connectivity index (χ0) is 11.5. The highest BCUT2D eigenvalue weighted by Crippen LogP contribution is 2.17. The lowest BCUT2D eigenvalue weighted by atomic mass is 9.99. The van der Waals surface area contributed by atoms with Crippen molar-refractivity contribution in [1.82, 2.24) is 14.7 Å². The summed E-state index contributed by atoms with van der Waals surface area (Å²) in [7, 11) is 1.78. The van der Waals surface area contributed by atoms with Crippen molar-refractivity contribution < 1.29 is 4.79 Å². The van der Waals surface area contributed by atoms with E-state index in [0.29, 0.717) is 12.2 Å². The van der Waals surface area contributed by atoms with Crippen LogP contribution in [0.2, 0.25) is 0 Å². The van der Waals surface area contributed by atoms with Gasteiger partial charge in [0.05, 0.1) is 12.0 Å². The van der Waals surface area contributed by atoms with Gasteiger partial charge in [0.25, 0.3) is 5.91 Å². The third-order valence-electron chi connectivity index (χ3n) is 2.82. The quantitative estimate of drug-likeness (QED) is 0.700. The maximum Gasteiger partial charge on any atom is 0.274 e. The third kappa shape index (κ3) is 2.06. The second-order valence-electron chi connectivity index (χ2n) is 4.09. The molecule has 5 heteroatoms. The van der Waals surface area contributed by atoms with Crippen molar-refractivity contribution in [3.05, 3.63) is 18.0 Å². The molecule has 16 heavy (non-hydrogen) atoms. The second kappa shape index (κ2) is 4.35. The van der Waals surface area contributed by atoms with Crippen LogP contribution in [0.15, 0.2) is 12.3 Å². The molecule has 1 aromatic heterocycles. The number of aromatic nitrogens is 2. The number of nitrogens with zero attached hydrogens (tertiary/aromatic N) is 4. The van der Waals surface area contributed by atoms with Gasteiger partial charge in [0.1, 0.15) is 5.69 Å². The molecule has 0 bridgehead atoms. The van der Waals surface area contributed by atoms with Crippen LogP contribution in [0.3, 0.4) is 0 Å². The molecule has 1 saturated heterocycles. The van der Waals surface area contributed by atoms with Gasteiger partial charge in [0, 0.05) is 26.3 Å². The fourth-order valence-corrected chi connectivity index (χ4v) is 1.96. The predicted octanol–water partition coefficient (Wildman–Crippen LogP) is 0.796. The average Bonchev–Trinajstić information content (AvgIpc) is 2.75. The maximum atomic E-state index is 12.0. The predicted molar refractivity (Wildman–Crippen MR) is 57.4 cm³/mol. The van der Waals surface area contributed by atoms with E-state index in [4.69, 9.17) is 5.26 Å². The second-order valence-corrected chi connectivity index (χ2v) is 4.09. The van der Waals surface area contributed by atoms with E-state index in [0.717, 1.165) is 19.4 Å². The summed E-state index contributed by atoms with van der Waals surface area (Å²) in [6, 6.07) is 3.93. The van der Waals surface area contributed by atoms with Crippen LogP contribution in [0.4, 0.5) is 0 Å². The van der Waals surface area contributed by atoms with Gasteiger partial charge in [-0.15, -0.1) is 0 Å². The van der Waals surface area contributed by atoms with Gasteiger partial charge in [-0.05, 0) is 18.9 Å². The highest BCUT2D eigenvalue weighted by atomic mass is 16.2. The number of carbonyl (C=O) groups is 1. The van der Waals surface area contributed by atoms with Crippen LogP contribution >= 0.6 is 0 Å². The van der Waals surface area contributed by atoms with Gasteiger partial charge >= 0.3 is 0 Å². The molecule has 2 heterocycles. The Morgan fingerprint density at radius 1 is 1.69 bits per heavy atom. The Labute approximate surface area is 94.3 Å². The molecule has 1 aliphatic heterocycles. The molecule has 1 aromatic rings. The van der Waals surface area contributed by atoms with Gasteiger partial charge in [0.2, 0.25) is 0 Å². The Balaban J connectivity index is 2.08. The van der Waals surface area contributed by atoms with Crippen molar-refractivity contribution >= 4 is 5.91 Å². The van der Waals surface area contributed by atoms with Crippen LogP contribution < -0.4 is 0 Å². The molecule has 1 unspecified atom stereocenters. The molecule has 1 atom stereocenters. The molecule has 0 saturated carbocycles. The first-order valence-corrected chi connectivity index (χ1v) is 5.39. The summed E-state index contributed by atoms with van der Waals surface area (Å²) in [6.45, 7) is 1.26. The normalized spacial score (nSPS) is 20.5. The van der Waals surface area contributed by atoms with Gasteiger partial charge < -0.3 is 4.90 Å². The Hall–Kier alpha value is -1.83. The summed E-state index contributed by atoms with van der Waals surface area (Å²) in [5, 5.41) is 12.9. The zero-order valence-electron chi connectivity index (χ0n) is 9.26. The summed E-state index contributed by atoms with van der Waals surface area (Å²) in [4.78, 5) is 13.7. The molecule has 1 aliphatic rings. The molecule has 0 spiro atoms. The Morgan fingerprint density at radius 3 is 3.12 bits per heavy atom. The van der Waals surface area contributed by atoms with E-state index in [1.54, 1.807) is 28.9 Å². The summed E-state index contributed by atoms with van der Waals surface area (Å²) < 4.78 is 1.61. The van der Waals surface area contributed by atoms with Crippen LogP contribution in [0.25, 0.3) is 0 Å². The lowest BCUT2D eigenvalue weighted by Gasteiger charge is -2.28.